The van der Waals surface area contributed by atoms with Crippen LogP contribution >= 0.6 is 0 Å². The minimum atomic E-state index is -4.19. The molecule has 6 heteroatoms. The van der Waals surface area contributed by atoms with Gasteiger partial charge in [0.05, 0.1) is 4.90 Å². The van der Waals surface area contributed by atoms with Gasteiger partial charge in [0.2, 0.25) is 5.91 Å². The molecule has 0 saturated carbocycles. The van der Waals surface area contributed by atoms with Gasteiger partial charge in [-0.25, -0.2) is 0 Å². The van der Waals surface area contributed by atoms with E-state index >= 15 is 0 Å². The Morgan fingerprint density at radius 3 is 2.40 bits per heavy atom. The second-order valence-electron chi connectivity index (χ2n) is 3.14. The van der Waals surface area contributed by atoms with Gasteiger partial charge in [0, 0.05) is 12.6 Å². The predicted molar refractivity (Wildman–Crippen MR) is 55.3 cm³/mol. The quantitative estimate of drug-likeness (QED) is 0.746. The van der Waals surface area contributed by atoms with E-state index in [4.69, 9.17) is 4.55 Å². The molecule has 0 fully saturated rings. The molecule has 0 radical (unpaired) electrons. The van der Waals surface area contributed by atoms with E-state index in [1.54, 1.807) is 0 Å². The summed E-state index contributed by atoms with van der Waals surface area (Å²) in [6, 6.07) is 4.14. The molecule has 0 aliphatic carbocycles. The second-order valence-corrected chi connectivity index (χ2v) is 4.53. The van der Waals surface area contributed by atoms with E-state index in [1.165, 1.54) is 32.0 Å². The fourth-order valence-electron chi connectivity index (χ4n) is 1.22. The third-order valence-electron chi connectivity index (χ3n) is 1.77. The molecular weight excluding hydrogens is 218 g/mol. The third-order valence-corrected chi connectivity index (χ3v) is 2.79. The first kappa shape index (κ1) is 11.7. The molecular formula is C9H11NO4S. The maximum atomic E-state index is 10.9. The standard InChI is InChI=1S/C9H11NO4S/c1-6-5-8(10-7(2)11)3-4-9(6)15(12,13)14/h3-5H,1-2H3,(H,10,11)(H,12,13,14). The molecule has 0 atom stereocenters. The van der Waals surface area contributed by atoms with Gasteiger partial charge in [0.25, 0.3) is 10.1 Å². The molecule has 0 spiro atoms. The highest BCUT2D eigenvalue weighted by Crippen LogP contribution is 2.19. The van der Waals surface area contributed by atoms with Crippen molar-refractivity contribution in [3.8, 4) is 0 Å². The van der Waals surface area contributed by atoms with Crippen LogP contribution in [-0.2, 0) is 14.9 Å². The molecule has 1 rings (SSSR count). The van der Waals surface area contributed by atoms with Gasteiger partial charge in [0.1, 0.15) is 0 Å². The number of nitrogens with one attached hydrogen (secondary N) is 1. The van der Waals surface area contributed by atoms with Crippen LogP contribution in [0.3, 0.4) is 0 Å². The number of anilines is 1. The molecule has 5 nitrogen and oxygen atoms in total. The molecule has 2 N–H and O–H groups in total. The minimum absolute atomic E-state index is 0.156. The summed E-state index contributed by atoms with van der Waals surface area (Å²) in [5, 5.41) is 2.51. The van der Waals surface area contributed by atoms with E-state index in [9.17, 15) is 13.2 Å². The number of carbonyl (C=O) groups is 1. The summed E-state index contributed by atoms with van der Waals surface area (Å²) in [6.45, 7) is 2.89. The normalized spacial score (nSPS) is 11.1. The zero-order valence-corrected chi connectivity index (χ0v) is 9.13. The van der Waals surface area contributed by atoms with Gasteiger partial charge in [-0.2, -0.15) is 8.42 Å². The molecule has 0 aliphatic rings. The summed E-state index contributed by atoms with van der Waals surface area (Å²) >= 11 is 0. The fraction of sp³-hybridized carbons (Fsp3) is 0.222. The van der Waals surface area contributed by atoms with Gasteiger partial charge in [-0.15, -0.1) is 0 Å². The Hall–Kier alpha value is -1.40. The lowest BCUT2D eigenvalue weighted by atomic mass is 10.2. The van der Waals surface area contributed by atoms with Crippen molar-refractivity contribution in [2.45, 2.75) is 18.7 Å². The van der Waals surface area contributed by atoms with Crippen molar-refractivity contribution in [2.75, 3.05) is 5.32 Å². The molecule has 82 valence electrons. The van der Waals surface area contributed by atoms with E-state index in [0.29, 0.717) is 11.3 Å². The van der Waals surface area contributed by atoms with Crippen LogP contribution in [0.4, 0.5) is 5.69 Å². The summed E-state index contributed by atoms with van der Waals surface area (Å²) in [6.07, 6.45) is 0. The molecule has 1 amide bonds. The zero-order valence-electron chi connectivity index (χ0n) is 8.31. The number of hydrogen-bond acceptors (Lipinski definition) is 3. The minimum Gasteiger partial charge on any atom is -0.326 e. The van der Waals surface area contributed by atoms with Crippen LogP contribution in [0.25, 0.3) is 0 Å². The van der Waals surface area contributed by atoms with E-state index in [1.807, 2.05) is 0 Å². The van der Waals surface area contributed by atoms with Gasteiger partial charge in [-0.05, 0) is 30.7 Å². The maximum Gasteiger partial charge on any atom is 0.294 e. The summed E-state index contributed by atoms with van der Waals surface area (Å²) in [5.41, 5.74) is 0.871. The second kappa shape index (κ2) is 4.00. The predicted octanol–water partition coefficient (Wildman–Crippen LogP) is 1.20. The number of benzene rings is 1. The van der Waals surface area contributed by atoms with Crippen molar-refractivity contribution in [2.24, 2.45) is 0 Å². The number of amides is 1. The van der Waals surface area contributed by atoms with Crippen molar-refractivity contribution < 1.29 is 17.8 Å². The summed E-state index contributed by atoms with van der Waals surface area (Å²) in [7, 11) is -4.19. The monoisotopic (exact) mass is 229 g/mol. The topological polar surface area (TPSA) is 83.5 Å². The lowest BCUT2D eigenvalue weighted by molar-refractivity contribution is -0.114. The van der Waals surface area contributed by atoms with Crippen molar-refractivity contribution >= 4 is 21.7 Å². The van der Waals surface area contributed by atoms with Crippen molar-refractivity contribution in [1.82, 2.24) is 0 Å². The molecule has 0 aromatic heterocycles. The Balaban J connectivity index is 3.15. The van der Waals surface area contributed by atoms with Crippen LogP contribution < -0.4 is 5.32 Å². The molecule has 1 aromatic carbocycles. The van der Waals surface area contributed by atoms with Gasteiger partial charge < -0.3 is 5.32 Å². The number of carbonyl (C=O) groups excluding carboxylic acids is 1. The maximum absolute atomic E-state index is 10.9. The van der Waals surface area contributed by atoms with Crippen LogP contribution in [0.5, 0.6) is 0 Å². The highest BCUT2D eigenvalue weighted by molar-refractivity contribution is 7.85. The Morgan fingerprint density at radius 2 is 2.00 bits per heavy atom. The number of hydrogen-bond donors (Lipinski definition) is 2. The van der Waals surface area contributed by atoms with E-state index < -0.39 is 10.1 Å². The molecule has 0 saturated heterocycles. The van der Waals surface area contributed by atoms with E-state index in [2.05, 4.69) is 5.32 Å². The van der Waals surface area contributed by atoms with Crippen LogP contribution in [0.15, 0.2) is 23.1 Å². The molecule has 0 unspecified atom stereocenters. The van der Waals surface area contributed by atoms with Crippen LogP contribution in [0, 0.1) is 6.92 Å². The highest BCUT2D eigenvalue weighted by Gasteiger charge is 2.12. The summed E-state index contributed by atoms with van der Waals surface area (Å²) < 4.78 is 30.5. The Morgan fingerprint density at radius 1 is 1.40 bits per heavy atom. The van der Waals surface area contributed by atoms with Gasteiger partial charge in [0.15, 0.2) is 0 Å². The fourth-order valence-corrected chi connectivity index (χ4v) is 1.93. The van der Waals surface area contributed by atoms with Crippen LogP contribution in [0.1, 0.15) is 12.5 Å². The van der Waals surface area contributed by atoms with Crippen molar-refractivity contribution in [1.29, 1.82) is 0 Å². The molecule has 0 heterocycles. The van der Waals surface area contributed by atoms with Crippen molar-refractivity contribution in [3.05, 3.63) is 23.8 Å². The lowest BCUT2D eigenvalue weighted by Gasteiger charge is -2.06. The van der Waals surface area contributed by atoms with Crippen molar-refractivity contribution in [3.63, 3.8) is 0 Å². The summed E-state index contributed by atoms with van der Waals surface area (Å²) in [4.78, 5) is 10.6. The van der Waals surface area contributed by atoms with Gasteiger partial charge in [-0.3, -0.25) is 9.35 Å². The SMILES string of the molecule is CC(=O)Nc1ccc(S(=O)(=O)O)c(C)c1. The molecule has 1 aromatic rings. The van der Waals surface area contributed by atoms with E-state index in [-0.39, 0.29) is 10.8 Å². The zero-order chi connectivity index (χ0) is 11.6. The summed E-state index contributed by atoms with van der Waals surface area (Å²) in [5.74, 6) is -0.242. The smallest absolute Gasteiger partial charge is 0.294 e. The number of rotatable bonds is 2. The first-order valence-electron chi connectivity index (χ1n) is 4.16. The first-order valence-corrected chi connectivity index (χ1v) is 5.60. The first-order chi connectivity index (χ1) is 6.80. The van der Waals surface area contributed by atoms with E-state index in [0.717, 1.165) is 0 Å². The number of aryl methyl sites for hydroxylation is 1. The lowest BCUT2D eigenvalue weighted by Crippen LogP contribution is -2.07. The highest BCUT2D eigenvalue weighted by atomic mass is 32.2. The Kier molecular flexibility index (Phi) is 3.11. The largest absolute Gasteiger partial charge is 0.326 e. The molecule has 0 aliphatic heterocycles. The van der Waals surface area contributed by atoms with Gasteiger partial charge in [-0.1, -0.05) is 0 Å². The average molecular weight is 229 g/mol. The van der Waals surface area contributed by atoms with Gasteiger partial charge >= 0.3 is 0 Å². The molecule has 15 heavy (non-hydrogen) atoms. The Bertz CT molecular complexity index is 493. The third kappa shape index (κ3) is 3.03. The average Bonchev–Trinajstić information content (AvgIpc) is 1.99. The molecule has 0 bridgehead atoms. The van der Waals surface area contributed by atoms with Crippen LogP contribution in [0.2, 0.25) is 0 Å². The Labute approximate surface area is 87.9 Å². The van der Waals surface area contributed by atoms with Crippen LogP contribution in [-0.4, -0.2) is 18.9 Å².